The molecule has 39 heavy (non-hydrogen) atoms. The summed E-state index contributed by atoms with van der Waals surface area (Å²) in [5, 5.41) is 3.74. The van der Waals surface area contributed by atoms with Crippen LogP contribution in [0.3, 0.4) is 0 Å². The quantitative estimate of drug-likeness (QED) is 0.407. The van der Waals surface area contributed by atoms with Gasteiger partial charge in [0.25, 0.3) is 0 Å². The Kier molecular flexibility index (Phi) is 9.20. The smallest absolute Gasteiger partial charge is 0.238 e. The normalized spacial score (nSPS) is 17.4. The van der Waals surface area contributed by atoms with Gasteiger partial charge in [0.15, 0.2) is 0 Å². The van der Waals surface area contributed by atoms with Gasteiger partial charge < -0.3 is 10.2 Å². The molecule has 2 heterocycles. The molecule has 0 radical (unpaired) electrons. The van der Waals surface area contributed by atoms with Gasteiger partial charge in [0.2, 0.25) is 11.8 Å². The standard InChI is InChI=1S/C31H34Cl2N4O2/c32-27-12-11-26(21-28(27)33)34-29(38)22-35-15-13-25(14-16-35)31(39)37-19-17-36(18-20-37)30(23-7-3-1-4-8-23)24-9-5-2-6-10-24/h1-12,21,25,30H,13-20,22H2,(H,34,38). The lowest BCUT2D eigenvalue weighted by atomic mass is 9.94. The number of hydrogen-bond acceptors (Lipinski definition) is 4. The highest BCUT2D eigenvalue weighted by molar-refractivity contribution is 6.42. The van der Waals surface area contributed by atoms with Gasteiger partial charge in [0.1, 0.15) is 0 Å². The third-order valence-electron chi connectivity index (χ3n) is 7.73. The molecule has 3 aromatic carbocycles. The zero-order chi connectivity index (χ0) is 27.2. The summed E-state index contributed by atoms with van der Waals surface area (Å²) in [4.78, 5) is 32.5. The highest BCUT2D eigenvalue weighted by Crippen LogP contribution is 2.30. The van der Waals surface area contributed by atoms with Crippen LogP contribution in [0.4, 0.5) is 5.69 Å². The number of halogens is 2. The predicted molar refractivity (Wildman–Crippen MR) is 157 cm³/mol. The Morgan fingerprint density at radius 3 is 1.92 bits per heavy atom. The molecule has 0 saturated carbocycles. The van der Waals surface area contributed by atoms with Crippen molar-refractivity contribution in [2.24, 2.45) is 5.92 Å². The molecule has 2 amide bonds. The second-order valence-electron chi connectivity index (χ2n) is 10.3. The van der Waals surface area contributed by atoms with Crippen LogP contribution < -0.4 is 5.32 Å². The molecule has 6 nitrogen and oxygen atoms in total. The number of piperazine rings is 1. The molecule has 204 valence electrons. The molecule has 0 aliphatic carbocycles. The molecular formula is C31H34Cl2N4O2. The first-order chi connectivity index (χ1) is 19.0. The van der Waals surface area contributed by atoms with Crippen LogP contribution in [0.2, 0.25) is 10.0 Å². The van der Waals surface area contributed by atoms with Gasteiger partial charge >= 0.3 is 0 Å². The first-order valence-electron chi connectivity index (χ1n) is 13.6. The molecule has 5 rings (SSSR count). The minimum absolute atomic E-state index is 0.0185. The summed E-state index contributed by atoms with van der Waals surface area (Å²) in [5.74, 6) is 0.177. The Balaban J connectivity index is 1.11. The Morgan fingerprint density at radius 2 is 1.36 bits per heavy atom. The van der Waals surface area contributed by atoms with Crippen LogP contribution in [-0.2, 0) is 9.59 Å². The maximum atomic E-state index is 13.4. The average Bonchev–Trinajstić information content (AvgIpc) is 2.97. The Bertz CT molecular complexity index is 1220. The second-order valence-corrected chi connectivity index (χ2v) is 11.1. The third-order valence-corrected chi connectivity index (χ3v) is 8.47. The molecule has 2 fully saturated rings. The van der Waals surface area contributed by atoms with Gasteiger partial charge in [-0.3, -0.25) is 19.4 Å². The van der Waals surface area contributed by atoms with Crippen LogP contribution in [0.5, 0.6) is 0 Å². The summed E-state index contributed by atoms with van der Waals surface area (Å²) < 4.78 is 0. The largest absolute Gasteiger partial charge is 0.340 e. The van der Waals surface area contributed by atoms with Crippen molar-refractivity contribution in [3.05, 3.63) is 100 Å². The van der Waals surface area contributed by atoms with E-state index in [1.807, 2.05) is 4.90 Å². The number of piperidine rings is 1. The van der Waals surface area contributed by atoms with Crippen LogP contribution >= 0.6 is 23.2 Å². The molecule has 3 aromatic rings. The van der Waals surface area contributed by atoms with Gasteiger partial charge in [-0.2, -0.15) is 0 Å². The molecule has 0 unspecified atom stereocenters. The maximum absolute atomic E-state index is 13.4. The van der Waals surface area contributed by atoms with Crippen molar-refractivity contribution in [1.29, 1.82) is 0 Å². The molecule has 0 bridgehead atoms. The van der Waals surface area contributed by atoms with E-state index in [0.717, 1.165) is 52.1 Å². The number of likely N-dealkylation sites (tertiary alicyclic amines) is 1. The lowest BCUT2D eigenvalue weighted by Crippen LogP contribution is -2.52. The van der Waals surface area contributed by atoms with E-state index in [-0.39, 0.29) is 23.8 Å². The van der Waals surface area contributed by atoms with Gasteiger partial charge in [-0.1, -0.05) is 83.9 Å². The fourth-order valence-corrected chi connectivity index (χ4v) is 5.96. The molecule has 2 aliphatic rings. The summed E-state index contributed by atoms with van der Waals surface area (Å²) in [6.45, 7) is 4.91. The monoisotopic (exact) mass is 564 g/mol. The molecule has 0 atom stereocenters. The van der Waals surface area contributed by atoms with Crippen molar-refractivity contribution >= 4 is 40.7 Å². The van der Waals surface area contributed by atoms with E-state index in [1.165, 1.54) is 11.1 Å². The molecular weight excluding hydrogens is 531 g/mol. The number of nitrogens with zero attached hydrogens (tertiary/aromatic N) is 3. The predicted octanol–water partition coefficient (Wildman–Crippen LogP) is 5.58. The van der Waals surface area contributed by atoms with E-state index in [2.05, 4.69) is 75.8 Å². The number of amides is 2. The second kappa shape index (κ2) is 13.0. The van der Waals surface area contributed by atoms with Crippen LogP contribution in [0.25, 0.3) is 0 Å². The van der Waals surface area contributed by atoms with Crippen LogP contribution in [0.1, 0.15) is 30.0 Å². The van der Waals surface area contributed by atoms with Crippen LogP contribution in [-0.4, -0.2) is 72.3 Å². The first-order valence-corrected chi connectivity index (χ1v) is 14.3. The van der Waals surface area contributed by atoms with Crippen LogP contribution in [0.15, 0.2) is 78.9 Å². The lowest BCUT2D eigenvalue weighted by molar-refractivity contribution is -0.139. The minimum Gasteiger partial charge on any atom is -0.340 e. The lowest BCUT2D eigenvalue weighted by Gasteiger charge is -2.41. The summed E-state index contributed by atoms with van der Waals surface area (Å²) in [6.07, 6.45) is 1.55. The highest BCUT2D eigenvalue weighted by Gasteiger charge is 2.33. The van der Waals surface area contributed by atoms with Gasteiger partial charge in [0, 0.05) is 37.8 Å². The summed E-state index contributed by atoms with van der Waals surface area (Å²) in [5.41, 5.74) is 3.18. The zero-order valence-corrected chi connectivity index (χ0v) is 23.5. The maximum Gasteiger partial charge on any atom is 0.238 e. The third kappa shape index (κ3) is 7.00. The highest BCUT2D eigenvalue weighted by atomic mass is 35.5. The van der Waals surface area contributed by atoms with Crippen molar-refractivity contribution < 1.29 is 9.59 Å². The van der Waals surface area contributed by atoms with E-state index in [9.17, 15) is 9.59 Å². The minimum atomic E-state index is -0.0966. The zero-order valence-electron chi connectivity index (χ0n) is 21.9. The van der Waals surface area contributed by atoms with E-state index in [4.69, 9.17) is 23.2 Å². The van der Waals surface area contributed by atoms with Crippen molar-refractivity contribution in [1.82, 2.24) is 14.7 Å². The van der Waals surface area contributed by atoms with Crippen molar-refractivity contribution in [2.45, 2.75) is 18.9 Å². The van der Waals surface area contributed by atoms with Gasteiger partial charge in [-0.25, -0.2) is 0 Å². The Hall–Kier alpha value is -2.90. The molecule has 0 spiro atoms. The molecule has 2 aliphatic heterocycles. The van der Waals surface area contributed by atoms with Gasteiger partial charge in [-0.15, -0.1) is 0 Å². The van der Waals surface area contributed by atoms with Crippen molar-refractivity contribution in [3.8, 4) is 0 Å². The Morgan fingerprint density at radius 1 is 0.769 bits per heavy atom. The number of anilines is 1. The number of carbonyl (C=O) groups is 2. The molecule has 0 aromatic heterocycles. The topological polar surface area (TPSA) is 55.9 Å². The van der Waals surface area contributed by atoms with Gasteiger partial charge in [0.05, 0.1) is 22.6 Å². The Labute approximate surface area is 240 Å². The number of hydrogen-bond donors (Lipinski definition) is 1. The summed E-state index contributed by atoms with van der Waals surface area (Å²) in [6, 6.07) is 26.5. The van der Waals surface area contributed by atoms with Gasteiger partial charge in [-0.05, 0) is 55.3 Å². The number of nitrogens with one attached hydrogen (secondary N) is 1. The van der Waals surface area contributed by atoms with E-state index < -0.39 is 0 Å². The van der Waals surface area contributed by atoms with E-state index in [0.29, 0.717) is 22.3 Å². The molecule has 1 N–H and O–H groups in total. The average molecular weight is 566 g/mol. The summed E-state index contributed by atoms with van der Waals surface area (Å²) >= 11 is 12.0. The SMILES string of the molecule is O=C(CN1CCC(C(=O)N2CCN(C(c3ccccc3)c3ccccc3)CC2)CC1)Nc1ccc(Cl)c(Cl)c1. The number of carbonyl (C=O) groups excluding carboxylic acids is 2. The fourth-order valence-electron chi connectivity index (χ4n) is 5.66. The fraction of sp³-hybridized carbons (Fsp3) is 0.355. The van der Waals surface area contributed by atoms with E-state index >= 15 is 0 Å². The van der Waals surface area contributed by atoms with E-state index in [1.54, 1.807) is 18.2 Å². The summed E-state index contributed by atoms with van der Waals surface area (Å²) in [7, 11) is 0. The number of rotatable bonds is 7. The number of benzene rings is 3. The first kappa shape index (κ1) is 27.7. The van der Waals surface area contributed by atoms with Crippen molar-refractivity contribution in [3.63, 3.8) is 0 Å². The van der Waals surface area contributed by atoms with Crippen molar-refractivity contribution in [2.75, 3.05) is 51.1 Å². The van der Waals surface area contributed by atoms with Crippen LogP contribution in [0, 0.1) is 5.92 Å². The molecule has 8 heteroatoms. The molecule has 2 saturated heterocycles.